The average Bonchev–Trinajstić information content (AvgIpc) is 2.43. The summed E-state index contributed by atoms with van der Waals surface area (Å²) in [6.45, 7) is 11.0. The monoisotopic (exact) mass is 320 g/mol. The molecule has 0 aliphatic carbocycles. The van der Waals surface area contributed by atoms with Gasteiger partial charge in [0, 0.05) is 18.5 Å². The molecule has 6 heteroatoms. The van der Waals surface area contributed by atoms with Gasteiger partial charge in [-0.25, -0.2) is 4.68 Å². The summed E-state index contributed by atoms with van der Waals surface area (Å²) in [5.41, 5.74) is 7.80. The largest absolute Gasteiger partial charge is 0.368 e. The van der Waals surface area contributed by atoms with Gasteiger partial charge in [0.15, 0.2) is 0 Å². The van der Waals surface area contributed by atoms with Crippen LogP contribution < -0.4 is 11.3 Å². The zero-order valence-corrected chi connectivity index (χ0v) is 14.6. The molecule has 2 heterocycles. The molecular weight excluding hydrogens is 292 g/mol. The third-order valence-corrected chi connectivity index (χ3v) is 4.68. The van der Waals surface area contributed by atoms with E-state index >= 15 is 0 Å². The van der Waals surface area contributed by atoms with Gasteiger partial charge in [0.2, 0.25) is 5.91 Å². The van der Waals surface area contributed by atoms with Crippen molar-refractivity contribution in [3.05, 3.63) is 27.2 Å². The number of primary amides is 1. The fourth-order valence-electron chi connectivity index (χ4n) is 2.90. The van der Waals surface area contributed by atoms with Crippen molar-refractivity contribution >= 4 is 5.91 Å². The van der Waals surface area contributed by atoms with Crippen LogP contribution in [0.4, 0.5) is 0 Å². The molecule has 0 saturated carbocycles. The van der Waals surface area contributed by atoms with E-state index in [1.165, 1.54) is 11.1 Å². The van der Waals surface area contributed by atoms with Crippen LogP contribution in [0.2, 0.25) is 0 Å². The Hall–Kier alpha value is -1.69. The van der Waals surface area contributed by atoms with Gasteiger partial charge in [-0.05, 0) is 51.3 Å². The van der Waals surface area contributed by atoms with Crippen molar-refractivity contribution in [3.63, 3.8) is 0 Å². The molecular formula is C17H28N4O2. The second kappa shape index (κ2) is 7.25. The Morgan fingerprint density at radius 2 is 1.91 bits per heavy atom. The normalized spacial score (nSPS) is 16.4. The van der Waals surface area contributed by atoms with Crippen molar-refractivity contribution in [3.8, 4) is 0 Å². The van der Waals surface area contributed by atoms with Crippen molar-refractivity contribution < 1.29 is 4.79 Å². The molecule has 1 saturated heterocycles. The molecule has 1 atom stereocenters. The van der Waals surface area contributed by atoms with Crippen molar-refractivity contribution in [2.45, 2.75) is 53.0 Å². The number of aromatic nitrogens is 2. The molecule has 1 aromatic rings. The molecule has 1 aliphatic rings. The van der Waals surface area contributed by atoms with Crippen LogP contribution in [0.1, 0.15) is 49.6 Å². The quantitative estimate of drug-likeness (QED) is 0.818. The van der Waals surface area contributed by atoms with Gasteiger partial charge in [0.25, 0.3) is 5.56 Å². The lowest BCUT2D eigenvalue weighted by Crippen LogP contribution is -2.40. The molecule has 0 aromatic carbocycles. The highest BCUT2D eigenvalue weighted by Gasteiger charge is 2.24. The summed E-state index contributed by atoms with van der Waals surface area (Å²) >= 11 is 0. The summed E-state index contributed by atoms with van der Waals surface area (Å²) in [7, 11) is 0. The van der Waals surface area contributed by atoms with E-state index in [2.05, 4.69) is 10.00 Å². The Kier molecular flexibility index (Phi) is 5.57. The molecule has 0 bridgehead atoms. The number of nitrogens with two attached hydrogens (primary N) is 1. The molecule has 1 aromatic heterocycles. The number of likely N-dealkylation sites (tertiary alicyclic amines) is 1. The summed E-state index contributed by atoms with van der Waals surface area (Å²) in [5.74, 6) is -0.238. The summed E-state index contributed by atoms with van der Waals surface area (Å²) < 4.78 is 1.32. The third kappa shape index (κ3) is 3.99. The van der Waals surface area contributed by atoms with E-state index in [9.17, 15) is 9.59 Å². The predicted octanol–water partition coefficient (Wildman–Crippen LogP) is 1.18. The second-order valence-electron chi connectivity index (χ2n) is 6.94. The fourth-order valence-corrected chi connectivity index (χ4v) is 2.90. The van der Waals surface area contributed by atoms with Gasteiger partial charge < -0.3 is 10.6 Å². The molecule has 0 radical (unpaired) electrons. The minimum atomic E-state index is -0.676. The van der Waals surface area contributed by atoms with Gasteiger partial charge in [0.05, 0.1) is 5.69 Å². The summed E-state index contributed by atoms with van der Waals surface area (Å²) in [6.07, 6.45) is 2.57. The first-order valence-electron chi connectivity index (χ1n) is 8.41. The maximum absolute atomic E-state index is 12.6. The Morgan fingerprint density at radius 3 is 2.39 bits per heavy atom. The first kappa shape index (κ1) is 17.7. The first-order valence-corrected chi connectivity index (χ1v) is 8.41. The van der Waals surface area contributed by atoms with E-state index in [-0.39, 0.29) is 11.5 Å². The van der Waals surface area contributed by atoms with Crippen LogP contribution in [-0.2, 0) is 11.2 Å². The van der Waals surface area contributed by atoms with Crippen molar-refractivity contribution in [2.75, 3.05) is 19.6 Å². The second-order valence-corrected chi connectivity index (χ2v) is 6.94. The zero-order valence-electron chi connectivity index (χ0n) is 14.6. The van der Waals surface area contributed by atoms with E-state index in [1.807, 2.05) is 20.8 Å². The van der Waals surface area contributed by atoms with Gasteiger partial charge in [-0.1, -0.05) is 13.8 Å². The molecule has 23 heavy (non-hydrogen) atoms. The minimum absolute atomic E-state index is 0.209. The lowest BCUT2D eigenvalue weighted by molar-refractivity contribution is -0.122. The molecule has 128 valence electrons. The highest BCUT2D eigenvalue weighted by Crippen LogP contribution is 2.17. The highest BCUT2D eigenvalue weighted by atomic mass is 16.2. The van der Waals surface area contributed by atoms with E-state index in [0.29, 0.717) is 12.0 Å². The molecule has 2 rings (SSSR count). The number of hydrogen-bond donors (Lipinski definition) is 1. The fraction of sp³-hybridized carbons (Fsp3) is 0.706. The first-order chi connectivity index (χ1) is 10.8. The van der Waals surface area contributed by atoms with Gasteiger partial charge in [0.1, 0.15) is 6.04 Å². The van der Waals surface area contributed by atoms with E-state index in [0.717, 1.165) is 37.3 Å². The van der Waals surface area contributed by atoms with Crippen LogP contribution in [0.25, 0.3) is 0 Å². The van der Waals surface area contributed by atoms with Crippen LogP contribution in [0.15, 0.2) is 4.79 Å². The van der Waals surface area contributed by atoms with Gasteiger partial charge in [-0.3, -0.25) is 9.59 Å². The number of carbonyl (C=O) groups excluding carboxylic acids is 1. The zero-order chi connectivity index (χ0) is 17.1. The van der Waals surface area contributed by atoms with Crippen LogP contribution in [-0.4, -0.2) is 40.2 Å². The Balaban J connectivity index is 2.35. The molecule has 1 amide bonds. The number of amides is 1. The molecule has 2 N–H and O–H groups in total. The molecule has 1 unspecified atom stereocenters. The SMILES string of the molecule is Cc1c(CCN2CCC2)nn(C(CC(C)C)C(N)=O)c(=O)c1C. The van der Waals surface area contributed by atoms with Crippen LogP contribution >= 0.6 is 0 Å². The molecule has 1 aliphatic heterocycles. The minimum Gasteiger partial charge on any atom is -0.368 e. The van der Waals surface area contributed by atoms with Crippen molar-refractivity contribution in [1.82, 2.24) is 14.7 Å². The Bertz CT molecular complexity index is 632. The Morgan fingerprint density at radius 1 is 1.26 bits per heavy atom. The number of carbonyl (C=O) groups is 1. The summed E-state index contributed by atoms with van der Waals surface area (Å²) in [5, 5.41) is 4.51. The predicted molar refractivity (Wildman–Crippen MR) is 90.4 cm³/mol. The highest BCUT2D eigenvalue weighted by molar-refractivity contribution is 5.78. The van der Waals surface area contributed by atoms with Crippen molar-refractivity contribution in [1.29, 1.82) is 0 Å². The van der Waals surface area contributed by atoms with Crippen LogP contribution in [0, 0.1) is 19.8 Å². The van der Waals surface area contributed by atoms with Gasteiger partial charge in [-0.15, -0.1) is 0 Å². The average molecular weight is 320 g/mol. The standard InChI is InChI=1S/C17H28N4O2/c1-11(2)10-15(16(18)22)21-17(23)13(4)12(3)14(19-21)6-9-20-7-5-8-20/h11,15H,5-10H2,1-4H3,(H2,18,22). The number of rotatable bonds is 7. The van der Waals surface area contributed by atoms with E-state index < -0.39 is 11.9 Å². The molecule has 1 fully saturated rings. The van der Waals surface area contributed by atoms with Gasteiger partial charge >= 0.3 is 0 Å². The smallest absolute Gasteiger partial charge is 0.270 e. The number of hydrogen-bond acceptors (Lipinski definition) is 4. The summed E-state index contributed by atoms with van der Waals surface area (Å²) in [4.78, 5) is 26.8. The van der Waals surface area contributed by atoms with Gasteiger partial charge in [-0.2, -0.15) is 5.10 Å². The number of nitrogens with zero attached hydrogens (tertiary/aromatic N) is 3. The van der Waals surface area contributed by atoms with E-state index in [4.69, 9.17) is 5.73 Å². The Labute approximate surface area is 137 Å². The molecule has 6 nitrogen and oxygen atoms in total. The lowest BCUT2D eigenvalue weighted by atomic mass is 10.0. The van der Waals surface area contributed by atoms with Crippen molar-refractivity contribution in [2.24, 2.45) is 11.7 Å². The maximum atomic E-state index is 12.6. The topological polar surface area (TPSA) is 81.2 Å². The third-order valence-electron chi connectivity index (χ3n) is 4.68. The summed E-state index contributed by atoms with van der Waals surface area (Å²) in [6, 6.07) is -0.676. The van der Waals surface area contributed by atoms with Crippen LogP contribution in [0.5, 0.6) is 0 Å². The van der Waals surface area contributed by atoms with E-state index in [1.54, 1.807) is 6.92 Å². The molecule has 0 spiro atoms. The lowest BCUT2D eigenvalue weighted by Gasteiger charge is -2.30. The van der Waals surface area contributed by atoms with Crippen LogP contribution in [0.3, 0.4) is 0 Å². The maximum Gasteiger partial charge on any atom is 0.270 e.